The largest absolute Gasteiger partial charge is 0.485 e. The van der Waals surface area contributed by atoms with Gasteiger partial charge in [-0.25, -0.2) is 4.79 Å². The molecule has 3 aromatic rings. The molecule has 9 heteroatoms. The van der Waals surface area contributed by atoms with Crippen LogP contribution in [-0.4, -0.2) is 21.3 Å². The molecule has 0 aliphatic heterocycles. The van der Waals surface area contributed by atoms with Gasteiger partial charge in [0.05, 0.1) is 16.3 Å². The molecule has 118 valence electrons. The van der Waals surface area contributed by atoms with Crippen molar-refractivity contribution in [3.63, 3.8) is 0 Å². The minimum atomic E-state index is -0.598. The Morgan fingerprint density at radius 1 is 1.30 bits per heavy atom. The third-order valence-corrected chi connectivity index (χ3v) is 3.82. The number of hydrogen-bond donors (Lipinski definition) is 0. The van der Waals surface area contributed by atoms with E-state index in [4.69, 9.17) is 9.15 Å². The first kappa shape index (κ1) is 15.0. The highest BCUT2D eigenvalue weighted by Crippen LogP contribution is 2.25. The molecule has 0 saturated carbocycles. The summed E-state index contributed by atoms with van der Waals surface area (Å²) >= 11 is 1.41. The lowest BCUT2D eigenvalue weighted by molar-refractivity contribution is -0.385. The van der Waals surface area contributed by atoms with Crippen molar-refractivity contribution in [2.45, 2.75) is 6.54 Å². The van der Waals surface area contributed by atoms with Gasteiger partial charge < -0.3 is 9.15 Å². The zero-order valence-electron chi connectivity index (χ0n) is 11.7. The zero-order valence-corrected chi connectivity index (χ0v) is 12.6. The lowest BCUT2D eigenvalue weighted by atomic mass is 10.3. The molecule has 0 aliphatic rings. The summed E-state index contributed by atoms with van der Waals surface area (Å²) in [5.41, 5.74) is -0.126. The minimum absolute atomic E-state index is 0.0567. The molecular formula is C14H11N3O5S. The van der Waals surface area contributed by atoms with Crippen molar-refractivity contribution in [2.75, 3.05) is 6.61 Å². The highest BCUT2D eigenvalue weighted by Gasteiger charge is 2.14. The molecule has 0 N–H and O–H groups in total. The summed E-state index contributed by atoms with van der Waals surface area (Å²) in [5.74, 6) is -0.206. The SMILES string of the molecule is O=c1oc(-c2cccs2)nn1CCOc1ccccc1[N+](=O)[O-]. The molecule has 2 heterocycles. The first-order chi connectivity index (χ1) is 11.1. The summed E-state index contributed by atoms with van der Waals surface area (Å²) in [6.07, 6.45) is 0. The summed E-state index contributed by atoms with van der Waals surface area (Å²) in [6, 6.07) is 9.67. The lowest BCUT2D eigenvalue weighted by Crippen LogP contribution is -2.20. The van der Waals surface area contributed by atoms with Crippen molar-refractivity contribution in [2.24, 2.45) is 0 Å². The smallest absolute Gasteiger partial charge is 0.437 e. The standard InChI is InChI=1S/C14H11N3O5S/c18-14-16(15-13(22-14)12-6-3-9-23-12)7-8-21-11-5-2-1-4-10(11)17(19)20/h1-6,9H,7-8H2. The Hall–Kier alpha value is -2.94. The van der Waals surface area contributed by atoms with Crippen LogP contribution in [0.15, 0.2) is 51.0 Å². The van der Waals surface area contributed by atoms with Crippen LogP contribution in [0.1, 0.15) is 0 Å². The van der Waals surface area contributed by atoms with Crippen LogP contribution >= 0.6 is 11.3 Å². The van der Waals surface area contributed by atoms with Crippen molar-refractivity contribution in [1.82, 2.24) is 9.78 Å². The van der Waals surface area contributed by atoms with E-state index in [1.807, 2.05) is 11.4 Å². The molecule has 0 saturated heterocycles. The Bertz CT molecular complexity index is 869. The second-order valence-electron chi connectivity index (χ2n) is 4.45. The maximum absolute atomic E-state index is 11.7. The quantitative estimate of drug-likeness (QED) is 0.507. The number of nitro groups is 1. The van der Waals surface area contributed by atoms with Crippen molar-refractivity contribution in [1.29, 1.82) is 0 Å². The molecule has 0 bridgehead atoms. The number of nitro benzene ring substituents is 1. The third kappa shape index (κ3) is 3.29. The van der Waals surface area contributed by atoms with E-state index in [0.29, 0.717) is 0 Å². The van der Waals surface area contributed by atoms with Gasteiger partial charge in [0.1, 0.15) is 6.61 Å². The van der Waals surface area contributed by atoms with Gasteiger partial charge in [0.15, 0.2) is 5.75 Å². The van der Waals surface area contributed by atoms with Crippen molar-refractivity contribution < 1.29 is 14.1 Å². The highest BCUT2D eigenvalue weighted by atomic mass is 32.1. The molecule has 0 unspecified atom stereocenters. The van der Waals surface area contributed by atoms with Crippen LogP contribution < -0.4 is 10.5 Å². The number of nitrogens with zero attached hydrogens (tertiary/aromatic N) is 3. The molecule has 0 aliphatic carbocycles. The van der Waals surface area contributed by atoms with E-state index in [-0.39, 0.29) is 30.5 Å². The van der Waals surface area contributed by atoms with Crippen molar-refractivity contribution in [3.05, 3.63) is 62.4 Å². The average molecular weight is 333 g/mol. The molecule has 23 heavy (non-hydrogen) atoms. The lowest BCUT2D eigenvalue weighted by Gasteiger charge is -2.05. The van der Waals surface area contributed by atoms with Crippen LogP contribution in [0.5, 0.6) is 5.75 Å². The molecule has 0 atom stereocenters. The second-order valence-corrected chi connectivity index (χ2v) is 5.39. The van der Waals surface area contributed by atoms with Crippen LogP contribution in [0.2, 0.25) is 0 Å². The molecule has 3 rings (SSSR count). The monoisotopic (exact) mass is 333 g/mol. The van der Waals surface area contributed by atoms with Crippen LogP contribution in [-0.2, 0) is 6.54 Å². The van der Waals surface area contributed by atoms with Crippen LogP contribution in [0.25, 0.3) is 10.8 Å². The Morgan fingerprint density at radius 3 is 2.87 bits per heavy atom. The molecule has 0 fully saturated rings. The van der Waals surface area contributed by atoms with Gasteiger partial charge in [-0.1, -0.05) is 18.2 Å². The van der Waals surface area contributed by atoms with Gasteiger partial charge in [0, 0.05) is 6.07 Å². The van der Waals surface area contributed by atoms with E-state index in [1.165, 1.54) is 23.5 Å². The number of ether oxygens (including phenoxy) is 1. The highest BCUT2D eigenvalue weighted by molar-refractivity contribution is 7.13. The predicted molar refractivity (Wildman–Crippen MR) is 82.7 cm³/mol. The Balaban J connectivity index is 1.68. The van der Waals surface area contributed by atoms with Gasteiger partial charge in [-0.05, 0) is 17.5 Å². The first-order valence-corrected chi connectivity index (χ1v) is 7.51. The predicted octanol–water partition coefficient (Wildman–Crippen LogP) is 2.55. The normalized spacial score (nSPS) is 10.6. The topological polar surface area (TPSA) is 100 Å². The van der Waals surface area contributed by atoms with Gasteiger partial charge in [-0.15, -0.1) is 16.4 Å². The summed E-state index contributed by atoms with van der Waals surface area (Å²) in [4.78, 5) is 22.8. The molecule has 8 nitrogen and oxygen atoms in total. The van der Waals surface area contributed by atoms with Gasteiger partial charge >= 0.3 is 11.4 Å². The van der Waals surface area contributed by atoms with Crippen LogP contribution in [0, 0.1) is 10.1 Å². The fourth-order valence-electron chi connectivity index (χ4n) is 1.92. The first-order valence-electron chi connectivity index (χ1n) is 6.63. The van der Waals surface area contributed by atoms with Gasteiger partial charge in [-0.3, -0.25) is 10.1 Å². The summed E-state index contributed by atoms with van der Waals surface area (Å²) in [6.45, 7) is 0.181. The zero-order chi connectivity index (χ0) is 16.2. The number of benzene rings is 1. The molecule has 0 radical (unpaired) electrons. The van der Waals surface area contributed by atoms with Crippen LogP contribution in [0.4, 0.5) is 5.69 Å². The Kier molecular flexibility index (Phi) is 4.20. The van der Waals surface area contributed by atoms with E-state index >= 15 is 0 Å². The summed E-state index contributed by atoms with van der Waals surface area (Å²) in [5, 5.41) is 16.8. The van der Waals surface area contributed by atoms with Crippen molar-refractivity contribution in [3.8, 4) is 16.5 Å². The van der Waals surface area contributed by atoms with E-state index in [2.05, 4.69) is 5.10 Å². The average Bonchev–Trinajstić information content (AvgIpc) is 3.18. The summed E-state index contributed by atoms with van der Waals surface area (Å²) in [7, 11) is 0. The fourth-order valence-corrected chi connectivity index (χ4v) is 2.56. The van der Waals surface area contributed by atoms with Crippen LogP contribution in [0.3, 0.4) is 0 Å². The number of rotatable bonds is 6. The Morgan fingerprint density at radius 2 is 2.13 bits per heavy atom. The number of aromatic nitrogens is 2. The Labute approximate surface area is 133 Å². The number of para-hydroxylation sites is 2. The van der Waals surface area contributed by atoms with E-state index in [9.17, 15) is 14.9 Å². The van der Waals surface area contributed by atoms with E-state index in [0.717, 1.165) is 9.56 Å². The van der Waals surface area contributed by atoms with E-state index in [1.54, 1.807) is 18.2 Å². The van der Waals surface area contributed by atoms with Gasteiger partial charge in [0.2, 0.25) is 0 Å². The molecule has 0 amide bonds. The minimum Gasteiger partial charge on any atom is -0.485 e. The second kappa shape index (κ2) is 6.44. The fraction of sp³-hybridized carbons (Fsp3) is 0.143. The maximum atomic E-state index is 11.7. The van der Waals surface area contributed by atoms with Gasteiger partial charge in [0.25, 0.3) is 5.89 Å². The summed E-state index contributed by atoms with van der Waals surface area (Å²) < 4.78 is 11.6. The molecule has 1 aromatic carbocycles. The molecule has 0 spiro atoms. The molecule has 2 aromatic heterocycles. The maximum Gasteiger partial charge on any atom is 0.437 e. The van der Waals surface area contributed by atoms with Crippen molar-refractivity contribution >= 4 is 17.0 Å². The van der Waals surface area contributed by atoms with Gasteiger partial charge in [-0.2, -0.15) is 4.68 Å². The number of hydrogen-bond acceptors (Lipinski definition) is 7. The molecular weight excluding hydrogens is 322 g/mol. The number of thiophene rings is 1. The van der Waals surface area contributed by atoms with E-state index < -0.39 is 10.7 Å². The third-order valence-electron chi connectivity index (χ3n) is 2.96.